The van der Waals surface area contributed by atoms with Gasteiger partial charge in [-0.05, 0) is 19.3 Å². The fraction of sp³-hybridized carbons (Fsp3) is 0.818. The van der Waals surface area contributed by atoms with Gasteiger partial charge in [-0.1, -0.05) is 6.92 Å². The molecule has 2 rings (SSSR count). The third kappa shape index (κ3) is 2.36. The second-order valence-electron chi connectivity index (χ2n) is 4.82. The topological polar surface area (TPSA) is 83.6 Å². The Bertz CT molecular complexity index is 460. The van der Waals surface area contributed by atoms with Crippen molar-refractivity contribution >= 4 is 21.7 Å². The lowest BCUT2D eigenvalue weighted by Gasteiger charge is -2.35. The Kier molecular flexibility index (Phi) is 3.61. The van der Waals surface area contributed by atoms with Gasteiger partial charge in [0, 0.05) is 6.54 Å². The van der Waals surface area contributed by atoms with Gasteiger partial charge < -0.3 is 10.2 Å². The van der Waals surface area contributed by atoms with Gasteiger partial charge in [0.05, 0.1) is 17.5 Å². The molecule has 18 heavy (non-hydrogen) atoms. The molecule has 102 valence electrons. The molecule has 2 amide bonds. The van der Waals surface area contributed by atoms with Crippen LogP contribution < -0.4 is 5.32 Å². The quantitative estimate of drug-likeness (QED) is 0.737. The summed E-state index contributed by atoms with van der Waals surface area (Å²) >= 11 is 0. The second kappa shape index (κ2) is 4.87. The van der Waals surface area contributed by atoms with Crippen LogP contribution in [-0.4, -0.2) is 55.3 Å². The van der Waals surface area contributed by atoms with E-state index in [1.165, 1.54) is 4.90 Å². The maximum absolute atomic E-state index is 11.8. The predicted octanol–water partition coefficient (Wildman–Crippen LogP) is -0.699. The highest BCUT2D eigenvalue weighted by molar-refractivity contribution is 7.92. The van der Waals surface area contributed by atoms with Gasteiger partial charge in [-0.3, -0.25) is 9.59 Å². The smallest absolute Gasteiger partial charge is 0.243 e. The van der Waals surface area contributed by atoms with Gasteiger partial charge in [0.1, 0.15) is 6.04 Å². The van der Waals surface area contributed by atoms with Crippen molar-refractivity contribution in [3.05, 3.63) is 0 Å². The van der Waals surface area contributed by atoms with Gasteiger partial charge in [-0.25, -0.2) is 8.42 Å². The molecule has 2 aliphatic heterocycles. The maximum Gasteiger partial charge on any atom is 0.243 e. The zero-order chi connectivity index (χ0) is 13.3. The number of hydrogen-bond acceptors (Lipinski definition) is 4. The summed E-state index contributed by atoms with van der Waals surface area (Å²) in [5, 5.41) is 2.03. The van der Waals surface area contributed by atoms with E-state index in [4.69, 9.17) is 0 Å². The van der Waals surface area contributed by atoms with E-state index in [2.05, 4.69) is 5.32 Å². The number of piperazine rings is 1. The van der Waals surface area contributed by atoms with Gasteiger partial charge in [0.15, 0.2) is 9.84 Å². The average Bonchev–Trinajstić information content (AvgIpc) is 2.64. The molecule has 2 aliphatic rings. The van der Waals surface area contributed by atoms with Gasteiger partial charge in [-0.2, -0.15) is 0 Å². The largest absolute Gasteiger partial charge is 0.345 e. The molecule has 2 atom stereocenters. The Morgan fingerprint density at radius 1 is 1.39 bits per heavy atom. The van der Waals surface area contributed by atoms with Crippen molar-refractivity contribution in [1.82, 2.24) is 10.2 Å². The highest BCUT2D eigenvalue weighted by atomic mass is 32.2. The minimum absolute atomic E-state index is 0.0257. The highest BCUT2D eigenvalue weighted by Crippen LogP contribution is 2.23. The molecule has 0 aromatic heterocycles. The summed E-state index contributed by atoms with van der Waals surface area (Å²) in [7, 11) is -3.08. The van der Waals surface area contributed by atoms with Crippen molar-refractivity contribution in [1.29, 1.82) is 0 Å². The van der Waals surface area contributed by atoms with Gasteiger partial charge >= 0.3 is 0 Å². The van der Waals surface area contributed by atoms with Crippen LogP contribution in [0.3, 0.4) is 0 Å². The number of sulfone groups is 1. The third-order valence-corrected chi connectivity index (χ3v) is 5.92. The van der Waals surface area contributed by atoms with Crippen LogP contribution in [0.5, 0.6) is 0 Å². The number of hydrogen-bond donors (Lipinski definition) is 1. The molecule has 0 radical (unpaired) electrons. The molecule has 2 saturated heterocycles. The zero-order valence-corrected chi connectivity index (χ0v) is 11.2. The number of carbonyl (C=O) groups excluding carboxylic acids is 2. The van der Waals surface area contributed by atoms with Crippen LogP contribution in [-0.2, 0) is 19.4 Å². The number of carbonyl (C=O) groups is 2. The second-order valence-corrected chi connectivity index (χ2v) is 7.22. The van der Waals surface area contributed by atoms with E-state index in [9.17, 15) is 18.0 Å². The van der Waals surface area contributed by atoms with E-state index in [0.717, 1.165) is 0 Å². The van der Waals surface area contributed by atoms with E-state index >= 15 is 0 Å². The highest BCUT2D eigenvalue weighted by Gasteiger charge is 2.39. The van der Waals surface area contributed by atoms with Crippen LogP contribution >= 0.6 is 0 Å². The van der Waals surface area contributed by atoms with Gasteiger partial charge in [0.25, 0.3) is 0 Å². The fourth-order valence-corrected chi connectivity index (χ4v) is 4.43. The van der Waals surface area contributed by atoms with Crippen molar-refractivity contribution in [3.63, 3.8) is 0 Å². The first-order valence-corrected chi connectivity index (χ1v) is 7.96. The molecular weight excluding hydrogens is 256 g/mol. The van der Waals surface area contributed by atoms with Crippen LogP contribution in [0.2, 0.25) is 0 Å². The molecule has 0 spiro atoms. The summed E-state index contributed by atoms with van der Waals surface area (Å²) in [5.74, 6) is -0.182. The van der Waals surface area contributed by atoms with Gasteiger partial charge in [-0.15, -0.1) is 0 Å². The number of nitrogens with one attached hydrogen (secondary N) is 1. The number of nitrogens with zero attached hydrogens (tertiary/aromatic N) is 1. The van der Waals surface area contributed by atoms with E-state index in [1.807, 2.05) is 6.92 Å². The summed E-state index contributed by atoms with van der Waals surface area (Å²) in [6.45, 7) is 1.95. The summed E-state index contributed by atoms with van der Waals surface area (Å²) in [5.41, 5.74) is 0. The first-order valence-electron chi connectivity index (χ1n) is 6.24. The normalized spacial score (nSPS) is 31.5. The van der Waals surface area contributed by atoms with E-state index in [-0.39, 0.29) is 30.7 Å². The lowest BCUT2D eigenvalue weighted by Crippen LogP contribution is -2.59. The predicted molar refractivity (Wildman–Crippen MR) is 65.6 cm³/mol. The Morgan fingerprint density at radius 2 is 2.11 bits per heavy atom. The Labute approximate surface area is 107 Å². The van der Waals surface area contributed by atoms with Crippen LogP contribution in [0.1, 0.15) is 26.2 Å². The zero-order valence-electron chi connectivity index (χ0n) is 10.4. The Hall–Kier alpha value is -1.11. The first kappa shape index (κ1) is 13.3. The molecule has 2 fully saturated rings. The molecule has 6 nitrogen and oxygen atoms in total. The minimum atomic E-state index is -3.08. The Balaban J connectivity index is 2.15. The maximum atomic E-state index is 11.8. The fourth-order valence-electron chi connectivity index (χ4n) is 2.61. The van der Waals surface area contributed by atoms with Crippen molar-refractivity contribution in [2.45, 2.75) is 37.5 Å². The van der Waals surface area contributed by atoms with Gasteiger partial charge in [0.2, 0.25) is 11.8 Å². The van der Waals surface area contributed by atoms with E-state index in [0.29, 0.717) is 19.3 Å². The molecule has 0 aromatic rings. The SMILES string of the molecule is CCC1C(=O)NCC(=O)N1CC1CCCS1(=O)=O. The monoisotopic (exact) mass is 274 g/mol. The molecule has 0 bridgehead atoms. The molecule has 2 heterocycles. The van der Waals surface area contributed by atoms with Crippen LogP contribution in [0, 0.1) is 0 Å². The summed E-state index contributed by atoms with van der Waals surface area (Å²) in [6, 6.07) is -0.526. The van der Waals surface area contributed by atoms with Crippen molar-refractivity contribution in [3.8, 4) is 0 Å². The van der Waals surface area contributed by atoms with Crippen molar-refractivity contribution in [2.75, 3.05) is 18.8 Å². The molecule has 0 saturated carbocycles. The number of amides is 2. The summed E-state index contributed by atoms with van der Waals surface area (Å²) in [4.78, 5) is 24.9. The van der Waals surface area contributed by atoms with E-state index in [1.54, 1.807) is 0 Å². The molecule has 0 aliphatic carbocycles. The molecule has 7 heteroatoms. The van der Waals surface area contributed by atoms with Crippen molar-refractivity contribution < 1.29 is 18.0 Å². The average molecular weight is 274 g/mol. The standard InChI is InChI=1S/C11H18N2O4S/c1-2-9-11(15)12-6-10(14)13(9)7-8-4-3-5-18(8,16)17/h8-9H,2-7H2,1H3,(H,12,15). The molecule has 1 N–H and O–H groups in total. The third-order valence-electron chi connectivity index (χ3n) is 3.66. The van der Waals surface area contributed by atoms with Crippen molar-refractivity contribution in [2.24, 2.45) is 0 Å². The first-order chi connectivity index (χ1) is 8.45. The number of rotatable bonds is 3. The summed E-state index contributed by atoms with van der Waals surface area (Å²) < 4.78 is 23.6. The van der Waals surface area contributed by atoms with Crippen LogP contribution in [0.4, 0.5) is 0 Å². The summed E-state index contributed by atoms with van der Waals surface area (Å²) in [6.07, 6.45) is 1.74. The Morgan fingerprint density at radius 3 is 2.67 bits per heavy atom. The molecular formula is C11H18N2O4S. The van der Waals surface area contributed by atoms with Crippen LogP contribution in [0.15, 0.2) is 0 Å². The lowest BCUT2D eigenvalue weighted by molar-refractivity contribution is -0.145. The lowest BCUT2D eigenvalue weighted by atomic mass is 10.1. The van der Waals surface area contributed by atoms with E-state index < -0.39 is 21.1 Å². The minimum Gasteiger partial charge on any atom is -0.345 e. The van der Waals surface area contributed by atoms with Crippen LogP contribution in [0.25, 0.3) is 0 Å². The molecule has 0 aromatic carbocycles. The molecule has 2 unspecified atom stereocenters.